The van der Waals surface area contributed by atoms with E-state index in [0.29, 0.717) is 5.89 Å². The first-order valence-corrected chi connectivity index (χ1v) is 5.65. The van der Waals surface area contributed by atoms with Crippen LogP contribution in [0.1, 0.15) is 20.8 Å². The molecule has 0 radical (unpaired) electrons. The maximum absolute atomic E-state index is 5.13. The zero-order valence-electron chi connectivity index (χ0n) is 10.4. The van der Waals surface area contributed by atoms with Gasteiger partial charge in [0.05, 0.1) is 0 Å². The Bertz CT molecular complexity index is 454. The Morgan fingerprint density at radius 1 is 1.18 bits per heavy atom. The van der Waals surface area contributed by atoms with Crippen LogP contribution in [-0.2, 0) is 0 Å². The summed E-state index contributed by atoms with van der Waals surface area (Å²) in [5, 5.41) is 10.9. The van der Waals surface area contributed by atoms with Crippen molar-refractivity contribution in [3.05, 3.63) is 30.7 Å². The van der Waals surface area contributed by atoms with E-state index < -0.39 is 0 Å². The lowest BCUT2D eigenvalue weighted by atomic mass is 9.97. The first-order valence-electron chi connectivity index (χ1n) is 5.65. The van der Waals surface area contributed by atoms with Crippen LogP contribution in [0.25, 0.3) is 11.5 Å². The van der Waals surface area contributed by atoms with Gasteiger partial charge in [0, 0.05) is 17.8 Å². The minimum absolute atomic E-state index is 0.269. The third-order valence-corrected chi connectivity index (χ3v) is 2.31. The number of nitrogens with zero attached hydrogens (tertiary/aromatic N) is 2. The Morgan fingerprint density at radius 3 is 2.41 bits per heavy atom. The fourth-order valence-corrected chi connectivity index (χ4v) is 1.40. The Hall–Kier alpha value is -1.84. The number of hydrogen-bond donors (Lipinski definition) is 1. The van der Waals surface area contributed by atoms with Crippen LogP contribution in [-0.4, -0.2) is 16.7 Å². The van der Waals surface area contributed by atoms with Gasteiger partial charge in [-0.05, 0) is 29.7 Å². The maximum Gasteiger partial charge on any atom is 0.247 e. The highest BCUT2D eigenvalue weighted by Crippen LogP contribution is 2.20. The summed E-state index contributed by atoms with van der Waals surface area (Å²) >= 11 is 0. The van der Waals surface area contributed by atoms with Crippen LogP contribution in [0.4, 0.5) is 5.69 Å². The molecule has 1 aromatic heterocycles. The van der Waals surface area contributed by atoms with Crippen LogP contribution in [0.15, 0.2) is 35.1 Å². The summed E-state index contributed by atoms with van der Waals surface area (Å²) in [6, 6.07) is 7.98. The third-order valence-electron chi connectivity index (χ3n) is 2.31. The summed E-state index contributed by atoms with van der Waals surface area (Å²) in [5.41, 5.74) is 2.30. The topological polar surface area (TPSA) is 51.0 Å². The van der Waals surface area contributed by atoms with Gasteiger partial charge in [0.15, 0.2) is 0 Å². The lowest BCUT2D eigenvalue weighted by Gasteiger charge is -2.19. The van der Waals surface area contributed by atoms with E-state index in [-0.39, 0.29) is 5.41 Å². The smallest absolute Gasteiger partial charge is 0.247 e. The fraction of sp³-hybridized carbons (Fsp3) is 0.385. The van der Waals surface area contributed by atoms with Crippen molar-refractivity contribution in [1.29, 1.82) is 0 Å². The molecule has 4 heteroatoms. The highest BCUT2D eigenvalue weighted by molar-refractivity contribution is 5.58. The average Bonchev–Trinajstić information content (AvgIpc) is 2.79. The van der Waals surface area contributed by atoms with E-state index in [0.717, 1.165) is 17.8 Å². The molecular formula is C13H17N3O. The van der Waals surface area contributed by atoms with Crippen LogP contribution in [0.2, 0.25) is 0 Å². The Balaban J connectivity index is 2.04. The normalized spacial score (nSPS) is 11.5. The first-order chi connectivity index (χ1) is 8.04. The molecule has 0 fully saturated rings. The molecule has 0 aliphatic heterocycles. The SMILES string of the molecule is CC(C)(C)CNc1ccc(-c2nnco2)cc1. The molecule has 4 nitrogen and oxygen atoms in total. The molecule has 0 unspecified atom stereocenters. The van der Waals surface area contributed by atoms with Gasteiger partial charge < -0.3 is 9.73 Å². The molecule has 1 N–H and O–H groups in total. The molecule has 0 aliphatic rings. The average molecular weight is 231 g/mol. The second-order valence-electron chi connectivity index (χ2n) is 5.24. The number of anilines is 1. The molecule has 2 rings (SSSR count). The molecule has 17 heavy (non-hydrogen) atoms. The van der Waals surface area contributed by atoms with Crippen molar-refractivity contribution >= 4 is 5.69 Å². The van der Waals surface area contributed by atoms with Crippen LogP contribution >= 0.6 is 0 Å². The number of nitrogens with one attached hydrogen (secondary N) is 1. The first kappa shape index (κ1) is 11.6. The molecule has 90 valence electrons. The van der Waals surface area contributed by atoms with Gasteiger partial charge >= 0.3 is 0 Å². The number of rotatable bonds is 3. The summed E-state index contributed by atoms with van der Waals surface area (Å²) in [4.78, 5) is 0. The highest BCUT2D eigenvalue weighted by Gasteiger charge is 2.09. The van der Waals surface area contributed by atoms with E-state index >= 15 is 0 Å². The molecule has 0 spiro atoms. The summed E-state index contributed by atoms with van der Waals surface area (Å²) in [7, 11) is 0. The van der Waals surface area contributed by atoms with E-state index in [9.17, 15) is 0 Å². The quantitative estimate of drug-likeness (QED) is 0.881. The van der Waals surface area contributed by atoms with Crippen LogP contribution in [0.3, 0.4) is 0 Å². The summed E-state index contributed by atoms with van der Waals surface area (Å²) in [6.07, 6.45) is 1.33. The van der Waals surface area contributed by atoms with E-state index in [2.05, 4.69) is 36.3 Å². The third kappa shape index (κ3) is 3.31. The summed E-state index contributed by atoms with van der Waals surface area (Å²) in [5.74, 6) is 0.548. The van der Waals surface area contributed by atoms with E-state index in [1.165, 1.54) is 6.39 Å². The molecule has 0 atom stereocenters. The minimum atomic E-state index is 0.269. The van der Waals surface area contributed by atoms with Gasteiger partial charge in [0.25, 0.3) is 0 Å². The molecule has 1 aromatic carbocycles. The molecule has 0 bridgehead atoms. The van der Waals surface area contributed by atoms with Crippen molar-refractivity contribution in [3.8, 4) is 11.5 Å². The number of benzene rings is 1. The molecule has 0 amide bonds. The van der Waals surface area contributed by atoms with Gasteiger partial charge in [0.2, 0.25) is 12.3 Å². The van der Waals surface area contributed by atoms with Crippen LogP contribution < -0.4 is 5.32 Å². The molecule has 0 aliphatic carbocycles. The predicted octanol–water partition coefficient (Wildman–Crippen LogP) is 3.19. The fourth-order valence-electron chi connectivity index (χ4n) is 1.40. The van der Waals surface area contributed by atoms with Crippen molar-refractivity contribution in [2.45, 2.75) is 20.8 Å². The van der Waals surface area contributed by atoms with Crippen LogP contribution in [0, 0.1) is 5.41 Å². The molecule has 0 saturated carbocycles. The van der Waals surface area contributed by atoms with E-state index in [4.69, 9.17) is 4.42 Å². The van der Waals surface area contributed by atoms with Crippen molar-refractivity contribution in [3.63, 3.8) is 0 Å². The van der Waals surface area contributed by atoms with E-state index in [1.807, 2.05) is 24.3 Å². The van der Waals surface area contributed by atoms with Crippen molar-refractivity contribution in [2.24, 2.45) is 5.41 Å². The lowest BCUT2D eigenvalue weighted by molar-refractivity contribution is 0.443. The maximum atomic E-state index is 5.13. The van der Waals surface area contributed by atoms with Gasteiger partial charge in [-0.1, -0.05) is 20.8 Å². The Morgan fingerprint density at radius 2 is 1.88 bits per heavy atom. The minimum Gasteiger partial charge on any atom is -0.423 e. The summed E-state index contributed by atoms with van der Waals surface area (Å²) < 4.78 is 5.13. The van der Waals surface area contributed by atoms with E-state index in [1.54, 1.807) is 0 Å². The van der Waals surface area contributed by atoms with Gasteiger partial charge in [0.1, 0.15) is 0 Å². The Labute approximate surface area is 101 Å². The lowest BCUT2D eigenvalue weighted by Crippen LogP contribution is -2.18. The largest absolute Gasteiger partial charge is 0.423 e. The zero-order valence-corrected chi connectivity index (χ0v) is 10.4. The molecular weight excluding hydrogens is 214 g/mol. The standard InChI is InChI=1S/C13H17N3O/c1-13(2,3)8-14-11-6-4-10(5-7-11)12-16-15-9-17-12/h4-7,9,14H,8H2,1-3H3. The molecule has 2 aromatic rings. The second-order valence-corrected chi connectivity index (χ2v) is 5.24. The van der Waals surface area contributed by atoms with Gasteiger partial charge in [-0.2, -0.15) is 0 Å². The predicted molar refractivity (Wildman–Crippen MR) is 67.7 cm³/mol. The molecule has 0 saturated heterocycles. The van der Waals surface area contributed by atoms with Crippen LogP contribution in [0.5, 0.6) is 0 Å². The van der Waals surface area contributed by atoms with Crippen molar-refractivity contribution in [1.82, 2.24) is 10.2 Å². The zero-order chi connectivity index (χ0) is 12.3. The van der Waals surface area contributed by atoms with Gasteiger partial charge in [-0.25, -0.2) is 0 Å². The van der Waals surface area contributed by atoms with Gasteiger partial charge in [-0.3, -0.25) is 0 Å². The molecule has 1 heterocycles. The Kier molecular flexibility index (Phi) is 3.13. The number of hydrogen-bond acceptors (Lipinski definition) is 4. The monoisotopic (exact) mass is 231 g/mol. The second kappa shape index (κ2) is 4.57. The number of aromatic nitrogens is 2. The highest BCUT2D eigenvalue weighted by atomic mass is 16.4. The van der Waals surface area contributed by atoms with Gasteiger partial charge in [-0.15, -0.1) is 10.2 Å². The van der Waals surface area contributed by atoms with Crippen molar-refractivity contribution in [2.75, 3.05) is 11.9 Å². The summed E-state index contributed by atoms with van der Waals surface area (Å²) in [6.45, 7) is 7.54. The van der Waals surface area contributed by atoms with Crippen molar-refractivity contribution < 1.29 is 4.42 Å².